The molecule has 0 saturated carbocycles. The number of aromatic nitrogens is 4. The number of nitrogens with one attached hydrogen (secondary N) is 2. The van der Waals surface area contributed by atoms with Crippen LogP contribution in [0.15, 0.2) is 0 Å². The van der Waals surface area contributed by atoms with Crippen LogP contribution in [0.4, 0.5) is 0 Å². The summed E-state index contributed by atoms with van der Waals surface area (Å²) >= 11 is 0. The summed E-state index contributed by atoms with van der Waals surface area (Å²) in [5, 5.41) is 15.6. The molecule has 7 nitrogen and oxygen atoms in total. The third kappa shape index (κ3) is 4.10. The van der Waals surface area contributed by atoms with Crippen LogP contribution in [0.1, 0.15) is 38.3 Å². The van der Waals surface area contributed by atoms with Crippen molar-refractivity contribution in [3.8, 4) is 0 Å². The van der Waals surface area contributed by atoms with Crippen LogP contribution >= 0.6 is 0 Å². The summed E-state index contributed by atoms with van der Waals surface area (Å²) in [6.07, 6.45) is 0. The molecule has 0 aromatic carbocycles. The number of tetrazole rings is 1. The van der Waals surface area contributed by atoms with Crippen molar-refractivity contribution in [2.24, 2.45) is 0 Å². The van der Waals surface area contributed by atoms with E-state index in [2.05, 4.69) is 58.5 Å². The van der Waals surface area contributed by atoms with Crippen molar-refractivity contribution in [2.75, 3.05) is 13.1 Å². The first-order valence-electron chi connectivity index (χ1n) is 5.79. The van der Waals surface area contributed by atoms with E-state index in [4.69, 9.17) is 0 Å². The highest BCUT2D eigenvalue weighted by molar-refractivity contribution is 5.89. The second kappa shape index (κ2) is 6.29. The molecule has 0 radical (unpaired) electrons. The van der Waals surface area contributed by atoms with Crippen LogP contribution in [0.2, 0.25) is 0 Å². The number of carbonyl (C=O) groups excluding carboxylic acids is 1. The molecule has 1 rings (SSSR count). The normalized spacial score (nSPS) is 11.5. The fourth-order valence-electron chi connectivity index (χ4n) is 1.75. The number of rotatable bonds is 6. The van der Waals surface area contributed by atoms with Gasteiger partial charge < -0.3 is 5.32 Å². The van der Waals surface area contributed by atoms with E-state index in [1.165, 1.54) is 0 Å². The fourth-order valence-corrected chi connectivity index (χ4v) is 1.75. The molecular formula is C10H20N6O. The Hall–Kier alpha value is -1.50. The summed E-state index contributed by atoms with van der Waals surface area (Å²) in [5.74, 6) is -0.225. The maximum Gasteiger partial charge on any atom is 0.292 e. The Morgan fingerprint density at radius 3 is 2.47 bits per heavy atom. The van der Waals surface area contributed by atoms with Crippen LogP contribution in [0.5, 0.6) is 0 Å². The minimum Gasteiger partial charge on any atom is -0.348 e. The molecule has 0 atom stereocenters. The lowest BCUT2D eigenvalue weighted by Crippen LogP contribution is -2.42. The molecule has 1 aromatic rings. The van der Waals surface area contributed by atoms with E-state index < -0.39 is 0 Å². The molecule has 1 heterocycles. The Labute approximate surface area is 101 Å². The van der Waals surface area contributed by atoms with Gasteiger partial charge in [0.2, 0.25) is 0 Å². The van der Waals surface area contributed by atoms with Crippen molar-refractivity contribution < 1.29 is 4.79 Å². The van der Waals surface area contributed by atoms with Gasteiger partial charge >= 0.3 is 0 Å². The van der Waals surface area contributed by atoms with Crippen LogP contribution in [0.25, 0.3) is 0 Å². The average Bonchev–Trinajstić information content (AvgIpc) is 2.76. The predicted octanol–water partition coefficient (Wildman–Crippen LogP) is 0.0483. The van der Waals surface area contributed by atoms with Crippen molar-refractivity contribution in [2.45, 2.75) is 39.8 Å². The number of hydrogen-bond acceptors (Lipinski definition) is 5. The van der Waals surface area contributed by atoms with Crippen LogP contribution in [0, 0.1) is 0 Å². The molecule has 0 aliphatic rings. The third-order valence-electron chi connectivity index (χ3n) is 2.53. The SMILES string of the molecule is CC(C)N(CCNC(=O)c1nn[nH]n1)C(C)C. The van der Waals surface area contributed by atoms with Gasteiger partial charge in [-0.2, -0.15) is 5.21 Å². The maximum absolute atomic E-state index is 11.5. The lowest BCUT2D eigenvalue weighted by Gasteiger charge is -2.30. The Balaban J connectivity index is 2.34. The summed E-state index contributed by atoms with van der Waals surface area (Å²) in [5.41, 5.74) is 0. The van der Waals surface area contributed by atoms with E-state index >= 15 is 0 Å². The fraction of sp³-hybridized carbons (Fsp3) is 0.800. The van der Waals surface area contributed by atoms with Crippen LogP contribution in [-0.2, 0) is 0 Å². The van der Waals surface area contributed by atoms with Crippen LogP contribution in [0.3, 0.4) is 0 Å². The predicted molar refractivity (Wildman–Crippen MR) is 63.5 cm³/mol. The van der Waals surface area contributed by atoms with Crippen molar-refractivity contribution in [3.63, 3.8) is 0 Å². The largest absolute Gasteiger partial charge is 0.348 e. The summed E-state index contributed by atoms with van der Waals surface area (Å²) in [6, 6.07) is 0.911. The average molecular weight is 240 g/mol. The highest BCUT2D eigenvalue weighted by Crippen LogP contribution is 2.03. The van der Waals surface area contributed by atoms with Gasteiger partial charge in [0, 0.05) is 25.2 Å². The zero-order chi connectivity index (χ0) is 12.8. The second-order valence-electron chi connectivity index (χ2n) is 4.42. The van der Waals surface area contributed by atoms with Gasteiger partial charge in [0.05, 0.1) is 0 Å². The molecule has 0 saturated heterocycles. The summed E-state index contributed by atoms with van der Waals surface area (Å²) in [7, 11) is 0. The minimum absolute atomic E-state index is 0.0747. The van der Waals surface area contributed by atoms with E-state index in [0.717, 1.165) is 6.54 Å². The number of amides is 1. The standard InChI is InChI=1S/C10H20N6O/c1-7(2)16(8(3)4)6-5-11-10(17)9-12-14-15-13-9/h7-8H,5-6H2,1-4H3,(H,11,17)(H,12,13,14,15). The topological polar surface area (TPSA) is 86.8 Å². The van der Waals surface area contributed by atoms with Crippen molar-refractivity contribution >= 4 is 5.91 Å². The second-order valence-corrected chi connectivity index (χ2v) is 4.42. The van der Waals surface area contributed by atoms with Gasteiger partial charge in [0.1, 0.15) is 0 Å². The van der Waals surface area contributed by atoms with Crippen molar-refractivity contribution in [1.82, 2.24) is 30.8 Å². The molecule has 0 bridgehead atoms. The summed E-state index contributed by atoms with van der Waals surface area (Å²) in [4.78, 5) is 13.8. The minimum atomic E-state index is -0.300. The molecule has 1 amide bonds. The number of aromatic amines is 1. The zero-order valence-electron chi connectivity index (χ0n) is 10.8. The smallest absolute Gasteiger partial charge is 0.292 e. The Morgan fingerprint density at radius 2 is 2.00 bits per heavy atom. The van der Waals surface area contributed by atoms with E-state index in [9.17, 15) is 4.79 Å². The molecule has 2 N–H and O–H groups in total. The Kier molecular flexibility index (Phi) is 5.02. The van der Waals surface area contributed by atoms with Gasteiger partial charge in [-0.15, -0.1) is 10.2 Å². The summed E-state index contributed by atoms with van der Waals surface area (Å²) in [6.45, 7) is 9.94. The lowest BCUT2D eigenvalue weighted by molar-refractivity contribution is 0.0929. The Bertz CT molecular complexity index is 327. The van der Waals surface area contributed by atoms with E-state index in [1.807, 2.05) is 0 Å². The molecule has 1 aromatic heterocycles. The first-order chi connectivity index (χ1) is 8.02. The molecule has 0 aliphatic carbocycles. The maximum atomic E-state index is 11.5. The van der Waals surface area contributed by atoms with E-state index in [0.29, 0.717) is 18.6 Å². The van der Waals surface area contributed by atoms with Crippen molar-refractivity contribution in [1.29, 1.82) is 0 Å². The molecular weight excluding hydrogens is 220 g/mol. The van der Waals surface area contributed by atoms with E-state index in [1.54, 1.807) is 0 Å². The van der Waals surface area contributed by atoms with Gasteiger partial charge in [0.15, 0.2) is 0 Å². The van der Waals surface area contributed by atoms with E-state index in [-0.39, 0.29) is 11.7 Å². The highest BCUT2D eigenvalue weighted by Gasteiger charge is 2.14. The molecule has 17 heavy (non-hydrogen) atoms. The zero-order valence-corrected chi connectivity index (χ0v) is 10.8. The number of hydrogen-bond donors (Lipinski definition) is 2. The molecule has 0 unspecified atom stereocenters. The van der Waals surface area contributed by atoms with Gasteiger partial charge in [-0.3, -0.25) is 9.69 Å². The molecule has 96 valence electrons. The van der Waals surface area contributed by atoms with Crippen molar-refractivity contribution in [3.05, 3.63) is 5.82 Å². The van der Waals surface area contributed by atoms with Gasteiger partial charge in [-0.25, -0.2) is 0 Å². The Morgan fingerprint density at radius 1 is 1.35 bits per heavy atom. The lowest BCUT2D eigenvalue weighted by atomic mass is 10.2. The molecule has 0 fully saturated rings. The first kappa shape index (κ1) is 13.6. The van der Waals surface area contributed by atoms with Crippen LogP contribution < -0.4 is 5.32 Å². The van der Waals surface area contributed by atoms with Crippen LogP contribution in [-0.4, -0.2) is 56.6 Å². The molecule has 7 heteroatoms. The highest BCUT2D eigenvalue weighted by atomic mass is 16.2. The number of H-pyrrole nitrogens is 1. The molecule has 0 spiro atoms. The molecule has 0 aliphatic heterocycles. The quantitative estimate of drug-likeness (QED) is 0.733. The van der Waals surface area contributed by atoms with Gasteiger partial charge in [-0.1, -0.05) is 0 Å². The number of nitrogens with zero attached hydrogens (tertiary/aromatic N) is 4. The number of carbonyl (C=O) groups is 1. The third-order valence-corrected chi connectivity index (χ3v) is 2.53. The summed E-state index contributed by atoms with van der Waals surface area (Å²) < 4.78 is 0. The van der Waals surface area contributed by atoms with Gasteiger partial charge in [0.25, 0.3) is 11.7 Å². The van der Waals surface area contributed by atoms with Gasteiger partial charge in [-0.05, 0) is 32.9 Å². The first-order valence-corrected chi connectivity index (χ1v) is 5.79. The monoisotopic (exact) mass is 240 g/mol.